The normalized spacial score (nSPS) is 19.2. The predicted octanol–water partition coefficient (Wildman–Crippen LogP) is 7.13. The second kappa shape index (κ2) is 10.2. The monoisotopic (exact) mass is 490 g/mol. The fourth-order valence-corrected chi connectivity index (χ4v) is 5.68. The number of fused-ring (bicyclic) bond motifs is 2. The number of benzene rings is 3. The van der Waals surface area contributed by atoms with Crippen LogP contribution in [0.25, 0.3) is 28.1 Å². The number of aromatic nitrogens is 2. The maximum Gasteiger partial charge on any atom is 0.328 e. The van der Waals surface area contributed by atoms with Crippen LogP contribution in [-0.4, -0.2) is 27.5 Å². The van der Waals surface area contributed by atoms with Crippen LogP contribution in [0.3, 0.4) is 0 Å². The summed E-state index contributed by atoms with van der Waals surface area (Å²) in [4.78, 5) is 11.0. The molecule has 4 aromatic rings. The Labute approximate surface area is 216 Å². The van der Waals surface area contributed by atoms with Crippen molar-refractivity contribution >= 4 is 34.1 Å². The van der Waals surface area contributed by atoms with Gasteiger partial charge in [-0.25, -0.2) is 9.48 Å². The summed E-state index contributed by atoms with van der Waals surface area (Å²) >= 11 is 0. The molecule has 186 valence electrons. The maximum atomic E-state index is 11.0. The van der Waals surface area contributed by atoms with Gasteiger partial charge in [-0.1, -0.05) is 54.6 Å². The summed E-state index contributed by atoms with van der Waals surface area (Å²) in [5.74, 6) is -0.946. The second-order valence-electron chi connectivity index (χ2n) is 9.84. The van der Waals surface area contributed by atoms with E-state index in [1.807, 2.05) is 23.0 Å². The quantitative estimate of drug-likeness (QED) is 0.302. The Morgan fingerprint density at radius 2 is 1.81 bits per heavy atom. The van der Waals surface area contributed by atoms with Crippen molar-refractivity contribution in [3.05, 3.63) is 107 Å². The first-order valence-electron chi connectivity index (χ1n) is 13.1. The third kappa shape index (κ3) is 4.75. The molecular weight excluding hydrogens is 460 g/mol. The average Bonchev–Trinajstić information content (AvgIpc) is 3.37. The Bertz CT molecular complexity index is 1500. The van der Waals surface area contributed by atoms with E-state index in [-0.39, 0.29) is 6.23 Å². The Morgan fingerprint density at radius 1 is 0.973 bits per heavy atom. The first-order valence-corrected chi connectivity index (χ1v) is 13.1. The summed E-state index contributed by atoms with van der Waals surface area (Å²) in [6, 6.07) is 23.5. The topological polar surface area (TPSA) is 64.3 Å². The van der Waals surface area contributed by atoms with Gasteiger partial charge in [0, 0.05) is 18.1 Å². The summed E-state index contributed by atoms with van der Waals surface area (Å²) in [7, 11) is 0. The first kappa shape index (κ1) is 23.4. The zero-order valence-electron chi connectivity index (χ0n) is 20.8. The van der Waals surface area contributed by atoms with E-state index in [9.17, 15) is 4.79 Å². The summed E-state index contributed by atoms with van der Waals surface area (Å²) < 4.78 is 8.04. The van der Waals surface area contributed by atoms with Crippen molar-refractivity contribution < 1.29 is 14.6 Å². The van der Waals surface area contributed by atoms with Crippen LogP contribution in [0, 0.1) is 0 Å². The molecule has 0 spiro atoms. The lowest BCUT2D eigenvalue weighted by atomic mass is 9.81. The average molecular weight is 491 g/mol. The van der Waals surface area contributed by atoms with Crippen molar-refractivity contribution in [1.29, 1.82) is 0 Å². The Balaban J connectivity index is 1.48. The first-order chi connectivity index (χ1) is 18.2. The zero-order chi connectivity index (χ0) is 25.2. The standard InChI is InChI=1S/C32H30N2O3/c35-31(36)18-13-22-11-14-24(15-12-22)32(28-9-5-7-23-6-1-2-8-27(23)28)25-16-17-29-26(20-25)21-33-34(29)30-10-3-4-19-37-30/h1-2,6,8,11-18,20-21,30H,3-5,7,9-10,19H2,(H,35,36)/b18-13?,32-28+. The number of carboxylic acids is 1. The summed E-state index contributed by atoms with van der Waals surface area (Å²) in [6.45, 7) is 0.789. The fraction of sp³-hybridized carbons (Fsp3) is 0.250. The van der Waals surface area contributed by atoms with Gasteiger partial charge >= 0.3 is 5.97 Å². The largest absolute Gasteiger partial charge is 0.478 e. The van der Waals surface area contributed by atoms with Gasteiger partial charge in [0.25, 0.3) is 0 Å². The molecule has 0 bridgehead atoms. The number of carbonyl (C=O) groups is 1. The molecule has 1 fully saturated rings. The lowest BCUT2D eigenvalue weighted by Gasteiger charge is -2.24. The van der Waals surface area contributed by atoms with Crippen LogP contribution in [0.2, 0.25) is 0 Å². The fourth-order valence-electron chi connectivity index (χ4n) is 5.68. The molecule has 37 heavy (non-hydrogen) atoms. The van der Waals surface area contributed by atoms with Crippen molar-refractivity contribution in [1.82, 2.24) is 9.78 Å². The number of hydrogen-bond donors (Lipinski definition) is 1. The van der Waals surface area contributed by atoms with Gasteiger partial charge in [-0.15, -0.1) is 0 Å². The minimum absolute atomic E-state index is 0.00606. The highest BCUT2D eigenvalue weighted by atomic mass is 16.5. The molecule has 1 saturated heterocycles. The molecule has 1 aliphatic heterocycles. The van der Waals surface area contributed by atoms with Gasteiger partial charge in [0.2, 0.25) is 0 Å². The number of allylic oxidation sites excluding steroid dienone is 1. The third-order valence-electron chi connectivity index (χ3n) is 7.45. The van der Waals surface area contributed by atoms with Crippen molar-refractivity contribution in [3.63, 3.8) is 0 Å². The van der Waals surface area contributed by atoms with Crippen molar-refractivity contribution in [2.24, 2.45) is 0 Å². The van der Waals surface area contributed by atoms with Crippen LogP contribution in [-0.2, 0) is 16.0 Å². The van der Waals surface area contributed by atoms with Crippen LogP contribution in [0.15, 0.2) is 79.0 Å². The number of ether oxygens (including phenoxy) is 1. The molecule has 2 heterocycles. The molecule has 2 aliphatic rings. The van der Waals surface area contributed by atoms with Crippen molar-refractivity contribution in [2.75, 3.05) is 6.61 Å². The lowest BCUT2D eigenvalue weighted by Crippen LogP contribution is -2.18. The van der Waals surface area contributed by atoms with Gasteiger partial charge in [-0.2, -0.15) is 5.10 Å². The highest BCUT2D eigenvalue weighted by Gasteiger charge is 2.22. The number of rotatable bonds is 5. The zero-order valence-corrected chi connectivity index (χ0v) is 20.8. The predicted molar refractivity (Wildman–Crippen MR) is 147 cm³/mol. The van der Waals surface area contributed by atoms with E-state index >= 15 is 0 Å². The smallest absolute Gasteiger partial charge is 0.328 e. The van der Waals surface area contributed by atoms with Gasteiger partial charge in [-0.3, -0.25) is 0 Å². The highest BCUT2D eigenvalue weighted by Crippen LogP contribution is 2.40. The van der Waals surface area contributed by atoms with Crippen LogP contribution in [0.1, 0.15) is 66.1 Å². The van der Waals surface area contributed by atoms with Gasteiger partial charge in [-0.05, 0) is 95.7 Å². The Kier molecular flexibility index (Phi) is 6.46. The number of carboxylic acid groups (broad SMARTS) is 1. The van der Waals surface area contributed by atoms with E-state index in [0.29, 0.717) is 0 Å². The summed E-state index contributed by atoms with van der Waals surface area (Å²) in [5.41, 5.74) is 9.55. The molecule has 5 heteroatoms. The van der Waals surface area contributed by atoms with E-state index < -0.39 is 5.97 Å². The number of hydrogen-bond acceptors (Lipinski definition) is 3. The van der Waals surface area contributed by atoms with Gasteiger partial charge in [0.1, 0.15) is 0 Å². The lowest BCUT2D eigenvalue weighted by molar-refractivity contribution is -0.131. The van der Waals surface area contributed by atoms with Gasteiger partial charge in [0.05, 0.1) is 11.7 Å². The minimum Gasteiger partial charge on any atom is -0.478 e. The van der Waals surface area contributed by atoms with Crippen LogP contribution in [0.4, 0.5) is 0 Å². The minimum atomic E-state index is -0.946. The van der Waals surface area contributed by atoms with Crippen LogP contribution < -0.4 is 0 Å². The Hall–Kier alpha value is -3.96. The second-order valence-corrected chi connectivity index (χ2v) is 9.84. The molecule has 0 saturated carbocycles. The molecule has 1 atom stereocenters. The number of nitrogens with zero attached hydrogens (tertiary/aromatic N) is 2. The molecule has 1 unspecified atom stereocenters. The molecular formula is C32H30N2O3. The number of aliphatic carboxylic acids is 1. The summed E-state index contributed by atoms with van der Waals surface area (Å²) in [6.07, 6.45) is 11.3. The molecule has 0 amide bonds. The molecule has 0 radical (unpaired) electrons. The van der Waals surface area contributed by atoms with Crippen LogP contribution in [0.5, 0.6) is 0 Å². The van der Waals surface area contributed by atoms with E-state index in [2.05, 4.69) is 54.6 Å². The van der Waals surface area contributed by atoms with Crippen LogP contribution >= 0.6 is 0 Å². The molecule has 1 N–H and O–H groups in total. The highest BCUT2D eigenvalue weighted by molar-refractivity contribution is 6.01. The molecule has 1 aliphatic carbocycles. The summed E-state index contributed by atoms with van der Waals surface area (Å²) in [5, 5.41) is 14.8. The van der Waals surface area contributed by atoms with E-state index in [4.69, 9.17) is 14.9 Å². The molecule has 1 aromatic heterocycles. The van der Waals surface area contributed by atoms with Gasteiger partial charge < -0.3 is 9.84 Å². The SMILES string of the molecule is O=C(O)C=Cc1ccc(/C(=C2/CCCc3ccccc32)c2ccc3c(cnn3C3CCCCO3)c2)cc1. The molecule has 6 rings (SSSR count). The molecule has 3 aromatic carbocycles. The van der Waals surface area contributed by atoms with E-state index in [0.717, 1.165) is 72.7 Å². The van der Waals surface area contributed by atoms with Gasteiger partial charge in [0.15, 0.2) is 6.23 Å². The third-order valence-corrected chi connectivity index (χ3v) is 7.45. The van der Waals surface area contributed by atoms with E-state index in [1.54, 1.807) is 6.08 Å². The van der Waals surface area contributed by atoms with Crippen molar-refractivity contribution in [3.8, 4) is 0 Å². The van der Waals surface area contributed by atoms with Crippen molar-refractivity contribution in [2.45, 2.75) is 44.8 Å². The van der Waals surface area contributed by atoms with E-state index in [1.165, 1.54) is 28.3 Å². The molecule has 5 nitrogen and oxygen atoms in total. The Morgan fingerprint density at radius 3 is 2.62 bits per heavy atom. The maximum absolute atomic E-state index is 11.0. The number of aryl methyl sites for hydroxylation is 1.